The second-order valence-corrected chi connectivity index (χ2v) is 5.13. The number of amides is 1. The van der Waals surface area contributed by atoms with E-state index in [1.54, 1.807) is 7.11 Å². The Kier molecular flexibility index (Phi) is 5.91. The molecule has 1 aromatic carbocycles. The van der Waals surface area contributed by atoms with Gasteiger partial charge in [-0.25, -0.2) is 4.68 Å². The van der Waals surface area contributed by atoms with Crippen LogP contribution in [-0.2, 0) is 13.1 Å². The zero-order valence-corrected chi connectivity index (χ0v) is 13.4. The van der Waals surface area contributed by atoms with Crippen molar-refractivity contribution in [2.75, 3.05) is 7.11 Å². The van der Waals surface area contributed by atoms with Crippen molar-refractivity contribution in [3.05, 3.63) is 58.0 Å². The lowest BCUT2D eigenvalue weighted by Gasteiger charge is -2.10. The molecule has 2 aromatic rings. The highest BCUT2D eigenvalue weighted by Gasteiger charge is 2.10. The number of carbonyl (C=O) groups excluding carboxylic acids is 1. The summed E-state index contributed by atoms with van der Waals surface area (Å²) < 4.78 is 6.58. The first kappa shape index (κ1) is 16.7. The number of methoxy groups -OCH3 is 1. The van der Waals surface area contributed by atoms with E-state index in [2.05, 4.69) is 10.4 Å². The van der Waals surface area contributed by atoms with Gasteiger partial charge < -0.3 is 10.1 Å². The standard InChI is InChI=1S/C17H21N3O3/c1-3-4-11-20-16(21)10-9-14(19-20)17(22)18-12-13-7-5-6-8-15(13)23-2/h5-10H,3-4,11-12H2,1-2H3,(H,18,22). The molecule has 122 valence electrons. The summed E-state index contributed by atoms with van der Waals surface area (Å²) in [5.74, 6) is 0.398. The zero-order chi connectivity index (χ0) is 16.7. The van der Waals surface area contributed by atoms with Crippen LogP contribution in [0.1, 0.15) is 35.8 Å². The number of hydrogen-bond acceptors (Lipinski definition) is 4. The number of ether oxygens (including phenoxy) is 1. The van der Waals surface area contributed by atoms with Crippen molar-refractivity contribution < 1.29 is 9.53 Å². The maximum absolute atomic E-state index is 12.2. The van der Waals surface area contributed by atoms with E-state index in [0.717, 1.165) is 18.4 Å². The van der Waals surface area contributed by atoms with Gasteiger partial charge in [-0.1, -0.05) is 31.5 Å². The highest BCUT2D eigenvalue weighted by atomic mass is 16.5. The molecule has 23 heavy (non-hydrogen) atoms. The Hall–Kier alpha value is -2.63. The van der Waals surface area contributed by atoms with E-state index >= 15 is 0 Å². The molecule has 0 aliphatic rings. The van der Waals surface area contributed by atoms with E-state index in [1.165, 1.54) is 16.8 Å². The second-order valence-electron chi connectivity index (χ2n) is 5.13. The highest BCUT2D eigenvalue weighted by Crippen LogP contribution is 2.16. The van der Waals surface area contributed by atoms with Crippen LogP contribution in [0.5, 0.6) is 5.75 Å². The summed E-state index contributed by atoms with van der Waals surface area (Å²) in [6.45, 7) is 2.89. The molecule has 1 heterocycles. The summed E-state index contributed by atoms with van der Waals surface area (Å²) in [5, 5.41) is 6.92. The molecule has 0 spiro atoms. The van der Waals surface area contributed by atoms with Crippen molar-refractivity contribution >= 4 is 5.91 Å². The summed E-state index contributed by atoms with van der Waals surface area (Å²) in [6, 6.07) is 10.3. The fourth-order valence-corrected chi connectivity index (χ4v) is 2.15. The number of carbonyl (C=O) groups is 1. The van der Waals surface area contributed by atoms with Crippen LogP contribution in [0.3, 0.4) is 0 Å². The van der Waals surface area contributed by atoms with Crippen LogP contribution in [0.2, 0.25) is 0 Å². The Bertz CT molecular complexity index is 725. The lowest BCUT2D eigenvalue weighted by molar-refractivity contribution is 0.0943. The quantitative estimate of drug-likeness (QED) is 0.848. The van der Waals surface area contributed by atoms with Gasteiger partial charge in [-0.2, -0.15) is 5.10 Å². The third-order valence-electron chi connectivity index (χ3n) is 3.45. The van der Waals surface area contributed by atoms with Gasteiger partial charge in [0.25, 0.3) is 11.5 Å². The topological polar surface area (TPSA) is 73.2 Å². The molecule has 0 saturated heterocycles. The van der Waals surface area contributed by atoms with Crippen LogP contribution in [0, 0.1) is 0 Å². The van der Waals surface area contributed by atoms with Gasteiger partial charge in [0.1, 0.15) is 11.4 Å². The maximum Gasteiger partial charge on any atom is 0.271 e. The van der Waals surface area contributed by atoms with E-state index in [1.807, 2.05) is 31.2 Å². The van der Waals surface area contributed by atoms with Gasteiger partial charge in [0, 0.05) is 24.7 Å². The fraction of sp³-hybridized carbons (Fsp3) is 0.353. The Labute approximate surface area is 135 Å². The third-order valence-corrected chi connectivity index (χ3v) is 3.45. The first-order valence-electron chi connectivity index (χ1n) is 7.64. The molecular weight excluding hydrogens is 294 g/mol. The van der Waals surface area contributed by atoms with Crippen LogP contribution < -0.4 is 15.6 Å². The molecule has 6 nitrogen and oxygen atoms in total. The highest BCUT2D eigenvalue weighted by molar-refractivity contribution is 5.91. The molecule has 0 bridgehead atoms. The number of para-hydroxylation sites is 1. The molecule has 0 aliphatic carbocycles. The van der Waals surface area contributed by atoms with Crippen molar-refractivity contribution in [3.8, 4) is 5.75 Å². The van der Waals surface area contributed by atoms with E-state index in [-0.39, 0.29) is 17.2 Å². The number of aromatic nitrogens is 2. The van der Waals surface area contributed by atoms with Gasteiger partial charge in [0.05, 0.1) is 7.11 Å². The SMILES string of the molecule is CCCCn1nc(C(=O)NCc2ccccc2OC)ccc1=O. The van der Waals surface area contributed by atoms with Crippen molar-refractivity contribution in [1.29, 1.82) is 0 Å². The average Bonchev–Trinajstić information content (AvgIpc) is 2.59. The van der Waals surface area contributed by atoms with Crippen LogP contribution in [0.4, 0.5) is 0 Å². The number of benzene rings is 1. The smallest absolute Gasteiger partial charge is 0.271 e. The Morgan fingerprint density at radius 1 is 1.26 bits per heavy atom. The molecule has 1 amide bonds. The molecule has 6 heteroatoms. The van der Waals surface area contributed by atoms with Crippen LogP contribution in [-0.4, -0.2) is 22.8 Å². The minimum Gasteiger partial charge on any atom is -0.496 e. The van der Waals surface area contributed by atoms with Gasteiger partial charge in [0.15, 0.2) is 0 Å². The lowest BCUT2D eigenvalue weighted by Crippen LogP contribution is -2.29. The number of nitrogens with zero attached hydrogens (tertiary/aromatic N) is 2. The first-order chi connectivity index (χ1) is 11.2. The van der Waals surface area contributed by atoms with Gasteiger partial charge in [-0.05, 0) is 18.6 Å². The molecule has 1 N–H and O–H groups in total. The first-order valence-corrected chi connectivity index (χ1v) is 7.64. The lowest BCUT2D eigenvalue weighted by atomic mass is 10.2. The Balaban J connectivity index is 2.07. The van der Waals surface area contributed by atoms with Crippen molar-refractivity contribution in [2.24, 2.45) is 0 Å². The van der Waals surface area contributed by atoms with E-state index in [4.69, 9.17) is 4.74 Å². The predicted molar refractivity (Wildman–Crippen MR) is 87.6 cm³/mol. The van der Waals surface area contributed by atoms with E-state index < -0.39 is 0 Å². The van der Waals surface area contributed by atoms with E-state index in [9.17, 15) is 9.59 Å². The summed E-state index contributed by atoms with van der Waals surface area (Å²) >= 11 is 0. The van der Waals surface area contributed by atoms with Gasteiger partial charge in [-0.3, -0.25) is 9.59 Å². The summed E-state index contributed by atoms with van der Waals surface area (Å²) in [7, 11) is 1.59. The molecule has 2 rings (SSSR count). The zero-order valence-electron chi connectivity index (χ0n) is 13.4. The van der Waals surface area contributed by atoms with Crippen molar-refractivity contribution in [2.45, 2.75) is 32.9 Å². The van der Waals surface area contributed by atoms with E-state index in [0.29, 0.717) is 18.8 Å². The molecule has 1 aromatic heterocycles. The number of nitrogens with one attached hydrogen (secondary N) is 1. The minimum atomic E-state index is -0.318. The minimum absolute atomic E-state index is 0.195. The molecule has 0 unspecified atom stereocenters. The molecule has 0 aliphatic heterocycles. The summed E-state index contributed by atoms with van der Waals surface area (Å²) in [4.78, 5) is 23.9. The number of aryl methyl sites for hydroxylation is 1. The number of unbranched alkanes of at least 4 members (excludes halogenated alkanes) is 1. The predicted octanol–water partition coefficient (Wildman–Crippen LogP) is 1.98. The number of rotatable bonds is 7. The largest absolute Gasteiger partial charge is 0.496 e. The maximum atomic E-state index is 12.2. The van der Waals surface area contributed by atoms with Crippen molar-refractivity contribution in [3.63, 3.8) is 0 Å². The normalized spacial score (nSPS) is 10.3. The average molecular weight is 315 g/mol. The van der Waals surface area contributed by atoms with Crippen LogP contribution in [0.25, 0.3) is 0 Å². The molecular formula is C17H21N3O3. The monoisotopic (exact) mass is 315 g/mol. The Morgan fingerprint density at radius 3 is 2.78 bits per heavy atom. The molecule has 0 fully saturated rings. The van der Waals surface area contributed by atoms with Gasteiger partial charge >= 0.3 is 0 Å². The molecule has 0 atom stereocenters. The summed E-state index contributed by atoms with van der Waals surface area (Å²) in [6.07, 6.45) is 1.80. The molecule has 0 radical (unpaired) electrons. The second kappa shape index (κ2) is 8.12. The third kappa shape index (κ3) is 4.42. The van der Waals surface area contributed by atoms with Gasteiger partial charge in [0.2, 0.25) is 0 Å². The van der Waals surface area contributed by atoms with Crippen LogP contribution in [0.15, 0.2) is 41.2 Å². The fourth-order valence-electron chi connectivity index (χ4n) is 2.15. The van der Waals surface area contributed by atoms with Gasteiger partial charge in [-0.15, -0.1) is 0 Å². The van der Waals surface area contributed by atoms with Crippen LogP contribution >= 0.6 is 0 Å². The summed E-state index contributed by atoms with van der Waals surface area (Å²) in [5.41, 5.74) is 0.915. The Morgan fingerprint density at radius 2 is 2.04 bits per heavy atom. The van der Waals surface area contributed by atoms with Crippen molar-refractivity contribution in [1.82, 2.24) is 15.1 Å². The molecule has 0 saturated carbocycles. The number of hydrogen-bond donors (Lipinski definition) is 1.